The van der Waals surface area contributed by atoms with Crippen molar-refractivity contribution < 1.29 is 17.9 Å². The van der Waals surface area contributed by atoms with Crippen LogP contribution in [0.15, 0.2) is 24.3 Å². The summed E-state index contributed by atoms with van der Waals surface area (Å²) >= 11 is 5.74. The van der Waals surface area contributed by atoms with E-state index in [9.17, 15) is 13.2 Å². The van der Waals surface area contributed by atoms with E-state index in [2.05, 4.69) is 4.74 Å². The zero-order valence-electron chi connectivity index (χ0n) is 10.1. The molecule has 1 atom stereocenters. The highest BCUT2D eigenvalue weighted by Crippen LogP contribution is 2.17. The average Bonchev–Trinajstić information content (AvgIpc) is 2.29. The van der Waals surface area contributed by atoms with Crippen molar-refractivity contribution in [3.05, 3.63) is 35.4 Å². The number of hydrogen-bond donors (Lipinski definition) is 0. The van der Waals surface area contributed by atoms with Crippen LogP contribution in [0.5, 0.6) is 0 Å². The second-order valence-corrected chi connectivity index (χ2v) is 4.65. The van der Waals surface area contributed by atoms with Crippen molar-refractivity contribution in [2.75, 3.05) is 19.1 Å². The Labute approximate surface area is 110 Å². The van der Waals surface area contributed by atoms with E-state index in [0.29, 0.717) is 6.42 Å². The second-order valence-electron chi connectivity index (χ2n) is 4.34. The van der Waals surface area contributed by atoms with Crippen LogP contribution in [0, 0.1) is 12.8 Å². The fourth-order valence-corrected chi connectivity index (χ4v) is 1.76. The maximum Gasteiger partial charge on any atom is 0.411 e. The van der Waals surface area contributed by atoms with Gasteiger partial charge in [0.05, 0.1) is 6.61 Å². The normalized spacial score (nSPS) is 13.6. The third kappa shape index (κ3) is 6.26. The smallest absolute Gasteiger partial charge is 0.372 e. The van der Waals surface area contributed by atoms with Crippen molar-refractivity contribution in [3.8, 4) is 0 Å². The van der Waals surface area contributed by atoms with Gasteiger partial charge in [0.2, 0.25) is 0 Å². The van der Waals surface area contributed by atoms with E-state index in [4.69, 9.17) is 11.6 Å². The molecule has 0 bridgehead atoms. The number of halogens is 4. The number of aryl methyl sites for hydroxylation is 1. The van der Waals surface area contributed by atoms with Crippen LogP contribution >= 0.6 is 11.6 Å². The monoisotopic (exact) mass is 280 g/mol. The molecule has 0 saturated heterocycles. The van der Waals surface area contributed by atoms with Gasteiger partial charge in [-0.2, -0.15) is 13.2 Å². The largest absolute Gasteiger partial charge is 0.411 e. The summed E-state index contributed by atoms with van der Waals surface area (Å²) < 4.78 is 40.4. The van der Waals surface area contributed by atoms with Gasteiger partial charge in [0, 0.05) is 5.88 Å². The van der Waals surface area contributed by atoms with Crippen LogP contribution in [-0.2, 0) is 11.2 Å². The highest BCUT2D eigenvalue weighted by molar-refractivity contribution is 6.18. The lowest BCUT2D eigenvalue weighted by Crippen LogP contribution is -2.22. The summed E-state index contributed by atoms with van der Waals surface area (Å²) in [4.78, 5) is 0. The van der Waals surface area contributed by atoms with Crippen molar-refractivity contribution in [1.29, 1.82) is 0 Å². The van der Waals surface area contributed by atoms with Crippen molar-refractivity contribution >= 4 is 11.6 Å². The first-order valence-corrected chi connectivity index (χ1v) is 6.20. The maximum absolute atomic E-state index is 11.9. The number of ether oxygens (including phenoxy) is 1. The zero-order chi connectivity index (χ0) is 13.6. The minimum atomic E-state index is -4.28. The molecule has 0 aliphatic rings. The van der Waals surface area contributed by atoms with Gasteiger partial charge in [-0.05, 0) is 24.8 Å². The van der Waals surface area contributed by atoms with Gasteiger partial charge >= 0.3 is 6.18 Å². The molecule has 0 heterocycles. The molecule has 1 unspecified atom stereocenters. The van der Waals surface area contributed by atoms with E-state index in [1.807, 2.05) is 31.2 Å². The molecule has 0 saturated carbocycles. The van der Waals surface area contributed by atoms with Gasteiger partial charge in [0.25, 0.3) is 0 Å². The predicted molar refractivity (Wildman–Crippen MR) is 66.0 cm³/mol. The highest BCUT2D eigenvalue weighted by Gasteiger charge is 2.27. The van der Waals surface area contributed by atoms with Crippen molar-refractivity contribution in [2.24, 2.45) is 5.92 Å². The molecule has 1 aromatic carbocycles. The Kier molecular flexibility index (Phi) is 5.96. The van der Waals surface area contributed by atoms with Crippen LogP contribution in [0.3, 0.4) is 0 Å². The standard InChI is InChI=1S/C13H16ClF3O/c1-10-2-4-11(5-3-10)6-12(7-14)8-18-9-13(15,16)17/h2-5,12H,6-9H2,1H3. The van der Waals surface area contributed by atoms with E-state index in [1.165, 1.54) is 0 Å². The molecule has 18 heavy (non-hydrogen) atoms. The molecule has 1 rings (SSSR count). The van der Waals surface area contributed by atoms with E-state index < -0.39 is 12.8 Å². The molecule has 0 aliphatic carbocycles. The van der Waals surface area contributed by atoms with Crippen molar-refractivity contribution in [2.45, 2.75) is 19.5 Å². The van der Waals surface area contributed by atoms with Crippen molar-refractivity contribution in [1.82, 2.24) is 0 Å². The molecule has 102 valence electrons. The van der Waals surface area contributed by atoms with Gasteiger partial charge in [-0.25, -0.2) is 0 Å². The Morgan fingerprint density at radius 1 is 1.22 bits per heavy atom. The molecule has 0 aliphatic heterocycles. The fourth-order valence-electron chi connectivity index (χ4n) is 1.56. The zero-order valence-corrected chi connectivity index (χ0v) is 10.9. The van der Waals surface area contributed by atoms with E-state index in [1.54, 1.807) is 0 Å². The van der Waals surface area contributed by atoms with Crippen LogP contribution < -0.4 is 0 Å². The van der Waals surface area contributed by atoms with Crippen LogP contribution in [0.25, 0.3) is 0 Å². The first-order chi connectivity index (χ1) is 8.40. The highest BCUT2D eigenvalue weighted by atomic mass is 35.5. The number of alkyl halides is 4. The molecule has 0 N–H and O–H groups in total. The molecule has 0 aromatic heterocycles. The fraction of sp³-hybridized carbons (Fsp3) is 0.538. The lowest BCUT2D eigenvalue weighted by atomic mass is 10.0. The first-order valence-electron chi connectivity index (χ1n) is 5.66. The Morgan fingerprint density at radius 3 is 2.33 bits per heavy atom. The molecule has 0 spiro atoms. The minimum absolute atomic E-state index is 0.0247. The lowest BCUT2D eigenvalue weighted by molar-refractivity contribution is -0.176. The van der Waals surface area contributed by atoms with Crippen LogP contribution in [0.1, 0.15) is 11.1 Å². The van der Waals surface area contributed by atoms with E-state index >= 15 is 0 Å². The lowest BCUT2D eigenvalue weighted by Gasteiger charge is -2.15. The van der Waals surface area contributed by atoms with Gasteiger partial charge in [-0.15, -0.1) is 11.6 Å². The van der Waals surface area contributed by atoms with Crippen LogP contribution in [0.2, 0.25) is 0 Å². The number of hydrogen-bond acceptors (Lipinski definition) is 1. The first kappa shape index (κ1) is 15.3. The average molecular weight is 281 g/mol. The molecule has 5 heteroatoms. The minimum Gasteiger partial charge on any atom is -0.372 e. The topological polar surface area (TPSA) is 9.23 Å². The molecular weight excluding hydrogens is 265 g/mol. The van der Waals surface area contributed by atoms with E-state index in [-0.39, 0.29) is 18.4 Å². The van der Waals surface area contributed by atoms with Gasteiger partial charge < -0.3 is 4.74 Å². The summed E-state index contributed by atoms with van der Waals surface area (Å²) in [5.74, 6) is 0.183. The van der Waals surface area contributed by atoms with Gasteiger partial charge in [-0.1, -0.05) is 29.8 Å². The molecule has 0 radical (unpaired) electrons. The summed E-state index contributed by atoms with van der Waals surface area (Å²) in [6.45, 7) is 0.792. The Bertz CT molecular complexity index is 348. The predicted octanol–water partition coefficient (Wildman–Crippen LogP) is 3.97. The van der Waals surface area contributed by atoms with Crippen molar-refractivity contribution in [3.63, 3.8) is 0 Å². The third-order valence-electron chi connectivity index (χ3n) is 2.48. The summed E-state index contributed by atoms with van der Waals surface area (Å²) in [6, 6.07) is 7.85. The summed E-state index contributed by atoms with van der Waals surface area (Å²) in [5.41, 5.74) is 2.20. The summed E-state index contributed by atoms with van der Waals surface area (Å²) in [6.07, 6.45) is -3.65. The number of benzene rings is 1. The molecule has 1 nitrogen and oxygen atoms in total. The van der Waals surface area contributed by atoms with Crippen LogP contribution in [-0.4, -0.2) is 25.3 Å². The maximum atomic E-state index is 11.9. The van der Waals surface area contributed by atoms with E-state index in [0.717, 1.165) is 11.1 Å². The Hall–Kier alpha value is -0.740. The van der Waals surface area contributed by atoms with Gasteiger partial charge in [-0.3, -0.25) is 0 Å². The molecular formula is C13H16ClF3O. The third-order valence-corrected chi connectivity index (χ3v) is 2.92. The van der Waals surface area contributed by atoms with Gasteiger partial charge in [0.15, 0.2) is 0 Å². The molecule has 0 amide bonds. The summed E-state index contributed by atoms with van der Waals surface area (Å²) in [7, 11) is 0. The molecule has 0 fully saturated rings. The quantitative estimate of drug-likeness (QED) is 0.717. The van der Waals surface area contributed by atoms with Crippen LogP contribution in [0.4, 0.5) is 13.2 Å². The Balaban J connectivity index is 2.40. The van der Waals surface area contributed by atoms with Gasteiger partial charge in [0.1, 0.15) is 6.61 Å². The summed E-state index contributed by atoms with van der Waals surface area (Å²) in [5, 5.41) is 0. The molecule has 1 aromatic rings. The number of rotatable bonds is 6. The SMILES string of the molecule is Cc1ccc(CC(CCl)COCC(F)(F)F)cc1. The Morgan fingerprint density at radius 2 is 1.83 bits per heavy atom. The second kappa shape index (κ2) is 7.00.